The first-order chi connectivity index (χ1) is 14.0. The van der Waals surface area contributed by atoms with Gasteiger partial charge in [-0.2, -0.15) is 0 Å². The van der Waals surface area contributed by atoms with E-state index in [9.17, 15) is 4.79 Å². The number of piperidine rings is 2. The third-order valence-corrected chi connectivity index (χ3v) is 7.56. The predicted octanol–water partition coefficient (Wildman–Crippen LogP) is 4.05. The summed E-state index contributed by atoms with van der Waals surface area (Å²) in [6, 6.07) is 7.67. The van der Waals surface area contributed by atoms with Crippen LogP contribution in [0, 0.1) is 0 Å². The summed E-state index contributed by atoms with van der Waals surface area (Å²) < 4.78 is 12.8. The minimum Gasteiger partial charge on any atom is -0.462 e. The zero-order valence-corrected chi connectivity index (χ0v) is 17.9. The van der Waals surface area contributed by atoms with Gasteiger partial charge < -0.3 is 14.4 Å². The Balaban J connectivity index is 1.26. The molecule has 158 valence electrons. The molecule has 1 spiro atoms. The summed E-state index contributed by atoms with van der Waals surface area (Å²) in [4.78, 5) is 16.8. The van der Waals surface area contributed by atoms with Gasteiger partial charge in [0.05, 0.1) is 6.61 Å². The van der Waals surface area contributed by atoms with Crippen LogP contribution in [0.25, 0.3) is 0 Å². The fourth-order valence-electron chi connectivity index (χ4n) is 5.38. The molecule has 1 unspecified atom stereocenters. The highest BCUT2D eigenvalue weighted by Gasteiger charge is 2.43. The molecule has 5 rings (SSSR count). The predicted molar refractivity (Wildman–Crippen MR) is 112 cm³/mol. The van der Waals surface area contributed by atoms with Crippen molar-refractivity contribution in [3.63, 3.8) is 0 Å². The van der Waals surface area contributed by atoms with E-state index in [-0.39, 0.29) is 11.9 Å². The van der Waals surface area contributed by atoms with Crippen LogP contribution in [-0.2, 0) is 16.1 Å². The van der Waals surface area contributed by atoms with E-state index in [0.29, 0.717) is 18.9 Å². The molecule has 4 aliphatic rings. The Labute approximate surface area is 174 Å². The Morgan fingerprint density at radius 1 is 1.14 bits per heavy atom. The molecule has 0 aromatic heterocycles. The van der Waals surface area contributed by atoms with Gasteiger partial charge >= 0.3 is 0 Å². The molecular formula is C24H34N2O3. The quantitative estimate of drug-likeness (QED) is 0.770. The van der Waals surface area contributed by atoms with E-state index in [2.05, 4.69) is 36.9 Å². The van der Waals surface area contributed by atoms with Gasteiger partial charge in [0.25, 0.3) is 0 Å². The largest absolute Gasteiger partial charge is 0.462 e. The van der Waals surface area contributed by atoms with E-state index in [1.165, 1.54) is 24.8 Å². The lowest BCUT2D eigenvalue weighted by atomic mass is 9.88. The molecule has 2 saturated heterocycles. The van der Waals surface area contributed by atoms with E-state index >= 15 is 0 Å². The van der Waals surface area contributed by atoms with Crippen molar-refractivity contribution in [1.82, 2.24) is 9.80 Å². The minimum atomic E-state index is -0.430. The number of hydrogen-bond acceptors (Lipinski definition) is 4. The van der Waals surface area contributed by atoms with Crippen molar-refractivity contribution >= 4 is 5.91 Å². The van der Waals surface area contributed by atoms with Gasteiger partial charge in [0.15, 0.2) is 0 Å². The van der Waals surface area contributed by atoms with E-state index in [4.69, 9.17) is 9.47 Å². The van der Waals surface area contributed by atoms with Gasteiger partial charge in [-0.15, -0.1) is 0 Å². The molecule has 0 bridgehead atoms. The van der Waals surface area contributed by atoms with Gasteiger partial charge in [-0.25, -0.2) is 0 Å². The zero-order valence-electron chi connectivity index (χ0n) is 17.9. The number of carbonyl (C=O) groups excluding carboxylic acids is 1. The summed E-state index contributed by atoms with van der Waals surface area (Å²) >= 11 is 0. The second-order valence-corrected chi connectivity index (χ2v) is 9.66. The minimum absolute atomic E-state index is 0.264. The summed E-state index contributed by atoms with van der Waals surface area (Å²) in [6.45, 7) is 7.82. The molecule has 5 nitrogen and oxygen atoms in total. The van der Waals surface area contributed by atoms with Gasteiger partial charge in [0, 0.05) is 62.5 Å². The van der Waals surface area contributed by atoms with Crippen LogP contribution in [0.4, 0.5) is 0 Å². The third-order valence-electron chi connectivity index (χ3n) is 7.56. The number of nitrogens with zero attached hydrogens (tertiary/aromatic N) is 2. The molecule has 3 fully saturated rings. The molecular weight excluding hydrogens is 364 g/mol. The smallest absolute Gasteiger partial charge is 0.222 e. The molecule has 1 aliphatic carbocycles. The standard InChI is InChI=1S/C24H34N2O3/c1-17(2)26-15-19(7-9-23(26)27)18-6-8-22-20(14-18)16-28-24(29-22)10-12-25(13-11-24)21-4-3-5-21/h6,8,14,17,19,21H,3-5,7,9-13,15-16H2,1-2H3. The van der Waals surface area contributed by atoms with Crippen LogP contribution in [0.1, 0.15) is 75.8 Å². The Morgan fingerprint density at radius 2 is 1.93 bits per heavy atom. The first-order valence-corrected chi connectivity index (χ1v) is 11.5. The van der Waals surface area contributed by atoms with Crippen LogP contribution in [0.5, 0.6) is 5.75 Å². The fraction of sp³-hybridized carbons (Fsp3) is 0.708. The summed E-state index contributed by atoms with van der Waals surface area (Å²) in [5.74, 6) is 1.25. The highest BCUT2D eigenvalue weighted by Crippen LogP contribution is 2.41. The van der Waals surface area contributed by atoms with Crippen molar-refractivity contribution in [2.75, 3.05) is 19.6 Å². The van der Waals surface area contributed by atoms with Crippen LogP contribution in [-0.4, -0.2) is 53.2 Å². The lowest BCUT2D eigenvalue weighted by Gasteiger charge is -2.47. The molecule has 1 aromatic carbocycles. The van der Waals surface area contributed by atoms with E-state index in [0.717, 1.165) is 56.3 Å². The highest BCUT2D eigenvalue weighted by atomic mass is 16.7. The van der Waals surface area contributed by atoms with Gasteiger partial charge in [-0.3, -0.25) is 9.69 Å². The molecule has 1 atom stereocenters. The number of hydrogen-bond donors (Lipinski definition) is 0. The number of amides is 1. The second kappa shape index (κ2) is 7.59. The molecule has 3 heterocycles. The van der Waals surface area contributed by atoms with Gasteiger partial charge in [-0.1, -0.05) is 12.5 Å². The number of ether oxygens (including phenoxy) is 2. The van der Waals surface area contributed by atoms with Gasteiger partial charge in [0.2, 0.25) is 11.7 Å². The maximum Gasteiger partial charge on any atom is 0.222 e. The lowest BCUT2D eigenvalue weighted by molar-refractivity contribution is -0.231. The second-order valence-electron chi connectivity index (χ2n) is 9.66. The number of rotatable bonds is 3. The van der Waals surface area contributed by atoms with Crippen LogP contribution >= 0.6 is 0 Å². The summed E-state index contributed by atoms with van der Waals surface area (Å²) in [7, 11) is 0. The Kier molecular flexibility index (Phi) is 5.07. The Bertz CT molecular complexity index is 765. The van der Waals surface area contributed by atoms with Crippen molar-refractivity contribution in [2.24, 2.45) is 0 Å². The highest BCUT2D eigenvalue weighted by molar-refractivity contribution is 5.77. The van der Waals surface area contributed by atoms with Crippen LogP contribution in [0.3, 0.4) is 0 Å². The SMILES string of the molecule is CC(C)N1CC(c2ccc3c(c2)COC2(CCN(C4CCC4)CC2)O3)CCC1=O. The summed E-state index contributed by atoms with van der Waals surface area (Å²) in [5, 5.41) is 0. The maximum atomic E-state index is 12.2. The molecule has 1 aromatic rings. The van der Waals surface area contributed by atoms with E-state index in [1.807, 2.05) is 4.90 Å². The summed E-state index contributed by atoms with van der Waals surface area (Å²) in [6.07, 6.45) is 7.61. The Hall–Kier alpha value is -1.59. The lowest BCUT2D eigenvalue weighted by Crippen LogP contribution is -2.54. The van der Waals surface area contributed by atoms with E-state index < -0.39 is 5.79 Å². The summed E-state index contributed by atoms with van der Waals surface area (Å²) in [5.41, 5.74) is 2.47. The molecule has 1 saturated carbocycles. The first kappa shape index (κ1) is 19.4. The topological polar surface area (TPSA) is 42.0 Å². The third kappa shape index (κ3) is 3.68. The van der Waals surface area contributed by atoms with Crippen molar-refractivity contribution < 1.29 is 14.3 Å². The fourth-order valence-corrected chi connectivity index (χ4v) is 5.38. The van der Waals surface area contributed by atoms with Crippen molar-refractivity contribution in [1.29, 1.82) is 0 Å². The molecule has 3 aliphatic heterocycles. The van der Waals surface area contributed by atoms with Crippen LogP contribution < -0.4 is 4.74 Å². The Morgan fingerprint density at radius 3 is 2.62 bits per heavy atom. The monoisotopic (exact) mass is 398 g/mol. The zero-order chi connectivity index (χ0) is 20.0. The molecule has 5 heteroatoms. The van der Waals surface area contributed by atoms with Crippen LogP contribution in [0.15, 0.2) is 18.2 Å². The number of benzene rings is 1. The van der Waals surface area contributed by atoms with Gasteiger partial charge in [-0.05, 0) is 50.8 Å². The first-order valence-electron chi connectivity index (χ1n) is 11.5. The van der Waals surface area contributed by atoms with E-state index in [1.54, 1.807) is 0 Å². The normalized spacial score (nSPS) is 27.6. The molecule has 1 amide bonds. The molecule has 29 heavy (non-hydrogen) atoms. The number of fused-ring (bicyclic) bond motifs is 1. The van der Waals surface area contributed by atoms with Crippen molar-refractivity contribution in [3.05, 3.63) is 29.3 Å². The van der Waals surface area contributed by atoms with Crippen molar-refractivity contribution in [3.8, 4) is 5.75 Å². The average molecular weight is 399 g/mol. The molecule has 0 N–H and O–H groups in total. The van der Waals surface area contributed by atoms with Gasteiger partial charge in [0.1, 0.15) is 5.75 Å². The maximum absolute atomic E-state index is 12.2. The van der Waals surface area contributed by atoms with Crippen molar-refractivity contribution in [2.45, 2.75) is 89.2 Å². The van der Waals surface area contributed by atoms with Crippen LogP contribution in [0.2, 0.25) is 0 Å². The molecule has 0 radical (unpaired) electrons. The number of carbonyl (C=O) groups is 1. The average Bonchev–Trinajstić information content (AvgIpc) is 2.68. The number of likely N-dealkylation sites (tertiary alicyclic amines) is 2.